The van der Waals surface area contributed by atoms with Crippen LogP contribution >= 0.6 is 0 Å². The van der Waals surface area contributed by atoms with Crippen molar-refractivity contribution in [3.05, 3.63) is 101 Å². The minimum atomic E-state index is -4.00. The smallest absolute Gasteiger partial charge is 0.291 e. The number of hydrogen-bond acceptors (Lipinski definition) is 3. The number of sulfonamides is 1. The van der Waals surface area contributed by atoms with Crippen molar-refractivity contribution in [1.29, 1.82) is 0 Å². The summed E-state index contributed by atoms with van der Waals surface area (Å²) < 4.78 is 54.8. The third-order valence-corrected chi connectivity index (χ3v) is 6.75. The number of carbonyl (C=O) groups excluding carboxylic acids is 1. The molecule has 1 N–H and O–H groups in total. The SMILES string of the molecule is Cc1ccccc1S(=O)(=O)NC(=O)c1ccc(Cc2cn(C(F)F)c3ccccc23)cc1. The standard InChI is InChI=1S/C24H20F2N2O3S/c1-16-6-2-5-9-22(16)32(30,31)27-23(29)18-12-10-17(11-13-18)14-19-15-28(24(25)26)21-8-4-3-7-20(19)21/h2-13,15,24H,14H2,1H3,(H,27,29). The van der Waals surface area contributed by atoms with Crippen molar-refractivity contribution in [2.45, 2.75) is 24.8 Å². The number of rotatable bonds is 6. The van der Waals surface area contributed by atoms with Crippen molar-refractivity contribution < 1.29 is 22.0 Å². The van der Waals surface area contributed by atoms with Crippen molar-refractivity contribution in [3.8, 4) is 0 Å². The molecule has 164 valence electrons. The van der Waals surface area contributed by atoms with Gasteiger partial charge in [-0.3, -0.25) is 9.36 Å². The summed E-state index contributed by atoms with van der Waals surface area (Å²) in [5.41, 5.74) is 2.71. The zero-order valence-corrected chi connectivity index (χ0v) is 17.9. The number of halogens is 2. The molecule has 0 fully saturated rings. The molecule has 4 aromatic rings. The van der Waals surface area contributed by atoms with Crippen molar-refractivity contribution in [3.63, 3.8) is 0 Å². The lowest BCUT2D eigenvalue weighted by molar-refractivity contribution is 0.0751. The molecule has 0 saturated heterocycles. The second-order valence-electron chi connectivity index (χ2n) is 7.43. The predicted octanol–water partition coefficient (Wildman–Crippen LogP) is 5.05. The maximum Gasteiger partial charge on any atom is 0.319 e. The Kier molecular flexibility index (Phi) is 5.80. The third-order valence-electron chi connectivity index (χ3n) is 5.25. The average molecular weight is 454 g/mol. The summed E-state index contributed by atoms with van der Waals surface area (Å²) in [7, 11) is -4.00. The number of aryl methyl sites for hydroxylation is 1. The molecular formula is C24H20F2N2O3S. The van der Waals surface area contributed by atoms with E-state index in [0.717, 1.165) is 21.1 Å². The van der Waals surface area contributed by atoms with Gasteiger partial charge in [0.1, 0.15) is 0 Å². The van der Waals surface area contributed by atoms with Gasteiger partial charge in [-0.25, -0.2) is 13.1 Å². The molecule has 8 heteroatoms. The van der Waals surface area contributed by atoms with E-state index in [1.54, 1.807) is 61.5 Å². The monoisotopic (exact) mass is 454 g/mol. The van der Waals surface area contributed by atoms with Gasteiger partial charge >= 0.3 is 6.55 Å². The zero-order valence-electron chi connectivity index (χ0n) is 17.1. The van der Waals surface area contributed by atoms with Gasteiger partial charge in [0.05, 0.1) is 10.4 Å². The van der Waals surface area contributed by atoms with E-state index in [-0.39, 0.29) is 10.5 Å². The number of fused-ring (bicyclic) bond motifs is 1. The Balaban J connectivity index is 1.53. The van der Waals surface area contributed by atoms with Gasteiger partial charge in [0.25, 0.3) is 15.9 Å². The minimum absolute atomic E-state index is 0.0420. The Morgan fingerprint density at radius 3 is 2.31 bits per heavy atom. The highest BCUT2D eigenvalue weighted by Crippen LogP contribution is 2.28. The number of carbonyl (C=O) groups is 1. The molecule has 0 aliphatic heterocycles. The highest BCUT2D eigenvalue weighted by Gasteiger charge is 2.20. The maximum atomic E-state index is 13.3. The second kappa shape index (κ2) is 8.55. The molecule has 0 aliphatic rings. The van der Waals surface area contributed by atoms with Gasteiger partial charge in [-0.1, -0.05) is 48.5 Å². The van der Waals surface area contributed by atoms with Crippen molar-refractivity contribution in [2.24, 2.45) is 0 Å². The molecule has 32 heavy (non-hydrogen) atoms. The van der Waals surface area contributed by atoms with Crippen LogP contribution in [0.15, 0.2) is 83.9 Å². The highest BCUT2D eigenvalue weighted by molar-refractivity contribution is 7.90. The van der Waals surface area contributed by atoms with Crippen LogP contribution in [-0.2, 0) is 16.4 Å². The fourth-order valence-corrected chi connectivity index (χ4v) is 4.89. The van der Waals surface area contributed by atoms with Crippen LogP contribution in [0.25, 0.3) is 10.9 Å². The van der Waals surface area contributed by atoms with Gasteiger partial charge in [-0.2, -0.15) is 8.78 Å². The molecule has 0 radical (unpaired) electrons. The van der Waals surface area contributed by atoms with Crippen LogP contribution < -0.4 is 4.72 Å². The van der Waals surface area contributed by atoms with Gasteiger partial charge in [0.15, 0.2) is 0 Å². The van der Waals surface area contributed by atoms with Crippen molar-refractivity contribution in [2.75, 3.05) is 0 Å². The van der Waals surface area contributed by atoms with E-state index in [1.165, 1.54) is 24.4 Å². The Labute approximate surface area is 184 Å². The molecule has 0 atom stereocenters. The fourth-order valence-electron chi connectivity index (χ4n) is 3.67. The van der Waals surface area contributed by atoms with E-state index in [1.807, 2.05) is 0 Å². The Hall–Kier alpha value is -3.52. The lowest BCUT2D eigenvalue weighted by Gasteiger charge is -2.09. The van der Waals surface area contributed by atoms with Gasteiger partial charge in [0.2, 0.25) is 0 Å². The van der Waals surface area contributed by atoms with Crippen LogP contribution in [0.3, 0.4) is 0 Å². The average Bonchev–Trinajstić information content (AvgIpc) is 3.13. The quantitative estimate of drug-likeness (QED) is 0.443. The Morgan fingerprint density at radius 2 is 1.62 bits per heavy atom. The van der Waals surface area contributed by atoms with Crippen LogP contribution in [0.5, 0.6) is 0 Å². The molecule has 1 heterocycles. The molecule has 3 aromatic carbocycles. The lowest BCUT2D eigenvalue weighted by Crippen LogP contribution is -2.31. The normalized spacial score (nSPS) is 11.8. The second-order valence-corrected chi connectivity index (χ2v) is 9.08. The number of aromatic nitrogens is 1. The molecule has 0 aliphatic carbocycles. The van der Waals surface area contributed by atoms with Crippen LogP contribution in [0.1, 0.15) is 33.6 Å². The van der Waals surface area contributed by atoms with Gasteiger partial charge in [0, 0.05) is 17.1 Å². The Bertz CT molecular complexity index is 1390. The molecule has 1 amide bonds. The summed E-state index contributed by atoms with van der Waals surface area (Å²) in [6, 6.07) is 19.7. The molecule has 5 nitrogen and oxygen atoms in total. The maximum absolute atomic E-state index is 13.3. The molecular weight excluding hydrogens is 434 g/mol. The molecule has 0 bridgehead atoms. The summed E-state index contributed by atoms with van der Waals surface area (Å²) in [6.07, 6.45) is 1.83. The fraction of sp³-hybridized carbons (Fsp3) is 0.125. The van der Waals surface area contributed by atoms with Crippen LogP contribution in [-0.4, -0.2) is 18.9 Å². The predicted molar refractivity (Wildman–Crippen MR) is 118 cm³/mol. The molecule has 4 rings (SSSR count). The number of benzene rings is 3. The van der Waals surface area contributed by atoms with E-state index < -0.39 is 22.5 Å². The van der Waals surface area contributed by atoms with Gasteiger partial charge in [-0.15, -0.1) is 0 Å². The van der Waals surface area contributed by atoms with Crippen LogP contribution in [0, 0.1) is 6.92 Å². The topological polar surface area (TPSA) is 68.2 Å². The third kappa shape index (κ3) is 4.27. The molecule has 1 aromatic heterocycles. The van der Waals surface area contributed by atoms with E-state index in [0.29, 0.717) is 17.5 Å². The number of amides is 1. The van der Waals surface area contributed by atoms with E-state index in [9.17, 15) is 22.0 Å². The van der Waals surface area contributed by atoms with Gasteiger partial charge in [-0.05, 0) is 54.3 Å². The van der Waals surface area contributed by atoms with E-state index in [4.69, 9.17) is 0 Å². The van der Waals surface area contributed by atoms with Crippen LogP contribution in [0.2, 0.25) is 0 Å². The first kappa shape index (κ1) is 21.7. The minimum Gasteiger partial charge on any atom is -0.291 e. The van der Waals surface area contributed by atoms with Crippen molar-refractivity contribution in [1.82, 2.24) is 9.29 Å². The first-order valence-corrected chi connectivity index (χ1v) is 11.3. The number of para-hydroxylation sites is 1. The summed E-state index contributed by atoms with van der Waals surface area (Å²) in [6.45, 7) is -0.992. The van der Waals surface area contributed by atoms with E-state index in [2.05, 4.69) is 4.72 Å². The largest absolute Gasteiger partial charge is 0.319 e. The first-order chi connectivity index (χ1) is 15.3. The number of nitrogens with zero attached hydrogens (tertiary/aromatic N) is 1. The first-order valence-electron chi connectivity index (χ1n) is 9.84. The molecule has 0 saturated carbocycles. The zero-order chi connectivity index (χ0) is 22.9. The number of nitrogens with one attached hydrogen (secondary N) is 1. The number of hydrogen-bond donors (Lipinski definition) is 1. The molecule has 0 spiro atoms. The van der Waals surface area contributed by atoms with Crippen LogP contribution in [0.4, 0.5) is 8.78 Å². The number of alkyl halides is 2. The summed E-state index contributed by atoms with van der Waals surface area (Å²) >= 11 is 0. The summed E-state index contributed by atoms with van der Waals surface area (Å²) in [5, 5.41) is 0.735. The van der Waals surface area contributed by atoms with Gasteiger partial charge < -0.3 is 0 Å². The lowest BCUT2D eigenvalue weighted by atomic mass is 10.0. The van der Waals surface area contributed by atoms with E-state index >= 15 is 0 Å². The Morgan fingerprint density at radius 1 is 0.969 bits per heavy atom. The van der Waals surface area contributed by atoms with Crippen molar-refractivity contribution >= 4 is 26.8 Å². The molecule has 0 unspecified atom stereocenters. The highest BCUT2D eigenvalue weighted by atomic mass is 32.2. The summed E-state index contributed by atoms with van der Waals surface area (Å²) in [4.78, 5) is 12.5. The summed E-state index contributed by atoms with van der Waals surface area (Å²) in [5.74, 6) is -0.742.